The number of amides is 1. The molecular weight excluding hydrogens is 250 g/mol. The minimum Gasteiger partial charge on any atom is -0.377 e. The molecule has 0 heterocycles. The second-order valence-corrected chi connectivity index (χ2v) is 5.26. The number of benzene rings is 1. The molecule has 0 N–H and O–H groups in total. The maximum absolute atomic E-state index is 12.1. The monoisotopic (exact) mass is 277 g/mol. The van der Waals surface area contributed by atoms with Crippen molar-refractivity contribution in [3.8, 4) is 0 Å². The molecule has 0 aliphatic carbocycles. The van der Waals surface area contributed by atoms with E-state index in [1.807, 2.05) is 52.0 Å². The zero-order valence-corrected chi connectivity index (χ0v) is 13.4. The Balaban J connectivity index is 2.67. The number of hydrogen-bond acceptors (Lipinski definition) is 3. The SMILES string of the molecule is CCN(CC)C(=O)CN(C)Cc1ccccc1N(C)C. The number of likely N-dealkylation sites (N-methyl/N-ethyl adjacent to an activating group) is 2. The summed E-state index contributed by atoms with van der Waals surface area (Å²) in [6.45, 7) is 6.82. The third kappa shape index (κ3) is 4.53. The first-order chi connectivity index (χ1) is 9.49. The van der Waals surface area contributed by atoms with Crippen molar-refractivity contribution >= 4 is 11.6 Å². The van der Waals surface area contributed by atoms with Crippen LogP contribution in [0.25, 0.3) is 0 Å². The summed E-state index contributed by atoms with van der Waals surface area (Å²) in [4.78, 5) is 18.1. The van der Waals surface area contributed by atoms with E-state index < -0.39 is 0 Å². The summed E-state index contributed by atoms with van der Waals surface area (Å²) in [7, 11) is 6.08. The smallest absolute Gasteiger partial charge is 0.236 e. The Morgan fingerprint density at radius 1 is 1.05 bits per heavy atom. The third-order valence-corrected chi connectivity index (χ3v) is 3.44. The lowest BCUT2D eigenvalue weighted by atomic mass is 10.1. The van der Waals surface area contributed by atoms with Crippen molar-refractivity contribution in [1.29, 1.82) is 0 Å². The number of nitrogens with zero attached hydrogens (tertiary/aromatic N) is 3. The number of carbonyl (C=O) groups excluding carboxylic acids is 1. The summed E-state index contributed by atoms with van der Waals surface area (Å²) in [5.41, 5.74) is 2.45. The van der Waals surface area contributed by atoms with Gasteiger partial charge < -0.3 is 9.80 Å². The van der Waals surface area contributed by atoms with Crippen LogP contribution in [0.15, 0.2) is 24.3 Å². The maximum atomic E-state index is 12.1. The minimum atomic E-state index is 0.194. The standard InChI is InChI=1S/C16H27N3O/c1-6-19(7-2)16(20)13-18(5)12-14-10-8-9-11-15(14)17(3)4/h8-11H,6-7,12-13H2,1-5H3. The van der Waals surface area contributed by atoms with E-state index >= 15 is 0 Å². The highest BCUT2D eigenvalue weighted by Gasteiger charge is 2.13. The second-order valence-electron chi connectivity index (χ2n) is 5.26. The van der Waals surface area contributed by atoms with Crippen molar-refractivity contribution in [3.63, 3.8) is 0 Å². The van der Waals surface area contributed by atoms with Crippen molar-refractivity contribution in [3.05, 3.63) is 29.8 Å². The lowest BCUT2D eigenvalue weighted by molar-refractivity contribution is -0.131. The molecule has 4 nitrogen and oxygen atoms in total. The van der Waals surface area contributed by atoms with Crippen LogP contribution in [0.4, 0.5) is 5.69 Å². The average molecular weight is 277 g/mol. The third-order valence-electron chi connectivity index (χ3n) is 3.44. The molecule has 0 saturated heterocycles. The van der Waals surface area contributed by atoms with Crippen LogP contribution in [0.2, 0.25) is 0 Å². The van der Waals surface area contributed by atoms with Gasteiger partial charge in [0.1, 0.15) is 0 Å². The Kier molecular flexibility index (Phi) is 6.52. The molecule has 0 aromatic heterocycles. The molecule has 0 aliphatic rings. The first-order valence-corrected chi connectivity index (χ1v) is 7.21. The maximum Gasteiger partial charge on any atom is 0.236 e. The number of anilines is 1. The first-order valence-electron chi connectivity index (χ1n) is 7.21. The molecule has 0 unspecified atom stereocenters. The molecule has 4 heteroatoms. The van der Waals surface area contributed by atoms with Crippen molar-refractivity contribution in [2.75, 3.05) is 45.7 Å². The first kappa shape index (κ1) is 16.5. The molecule has 0 fully saturated rings. The van der Waals surface area contributed by atoms with Crippen LogP contribution in [0.3, 0.4) is 0 Å². The van der Waals surface area contributed by atoms with E-state index in [0.717, 1.165) is 19.6 Å². The van der Waals surface area contributed by atoms with E-state index in [-0.39, 0.29) is 5.91 Å². The second kappa shape index (κ2) is 7.90. The molecule has 0 bridgehead atoms. The molecular formula is C16H27N3O. The van der Waals surface area contributed by atoms with Gasteiger partial charge in [-0.1, -0.05) is 18.2 Å². The lowest BCUT2D eigenvalue weighted by Gasteiger charge is -2.25. The molecule has 1 rings (SSSR count). The molecule has 1 amide bonds. The van der Waals surface area contributed by atoms with Crippen molar-refractivity contribution in [1.82, 2.24) is 9.80 Å². The Morgan fingerprint density at radius 2 is 1.65 bits per heavy atom. The minimum absolute atomic E-state index is 0.194. The Bertz CT molecular complexity index is 427. The number of carbonyl (C=O) groups is 1. The van der Waals surface area contributed by atoms with Crippen LogP contribution in [0, 0.1) is 0 Å². The predicted molar refractivity (Wildman–Crippen MR) is 85.0 cm³/mol. The van der Waals surface area contributed by atoms with Crippen LogP contribution in [-0.4, -0.2) is 56.5 Å². The van der Waals surface area contributed by atoms with E-state index in [0.29, 0.717) is 6.54 Å². The summed E-state index contributed by atoms with van der Waals surface area (Å²) < 4.78 is 0. The summed E-state index contributed by atoms with van der Waals surface area (Å²) in [6, 6.07) is 8.31. The average Bonchev–Trinajstić information content (AvgIpc) is 2.40. The fraction of sp³-hybridized carbons (Fsp3) is 0.562. The van der Waals surface area contributed by atoms with Gasteiger partial charge in [-0.15, -0.1) is 0 Å². The normalized spacial score (nSPS) is 10.7. The van der Waals surface area contributed by atoms with E-state index in [1.165, 1.54) is 11.3 Å². The van der Waals surface area contributed by atoms with Crippen LogP contribution < -0.4 is 4.90 Å². The van der Waals surface area contributed by atoms with E-state index in [9.17, 15) is 4.79 Å². The number of para-hydroxylation sites is 1. The van der Waals surface area contributed by atoms with Crippen molar-refractivity contribution in [2.24, 2.45) is 0 Å². The van der Waals surface area contributed by atoms with Gasteiger partial charge in [0.25, 0.3) is 0 Å². The molecule has 0 saturated carbocycles. The van der Waals surface area contributed by atoms with Crippen LogP contribution >= 0.6 is 0 Å². The molecule has 1 aromatic carbocycles. The van der Waals surface area contributed by atoms with Gasteiger partial charge in [-0.25, -0.2) is 0 Å². The highest BCUT2D eigenvalue weighted by molar-refractivity contribution is 5.78. The number of hydrogen-bond donors (Lipinski definition) is 0. The van der Waals surface area contributed by atoms with Gasteiger partial charge >= 0.3 is 0 Å². The molecule has 0 atom stereocenters. The molecule has 0 spiro atoms. The summed E-state index contributed by atoms with van der Waals surface area (Å²) >= 11 is 0. The Labute approximate surface area is 123 Å². The van der Waals surface area contributed by atoms with Gasteiger partial charge in [-0.2, -0.15) is 0 Å². The topological polar surface area (TPSA) is 26.8 Å². The van der Waals surface area contributed by atoms with Crippen molar-refractivity contribution < 1.29 is 4.79 Å². The fourth-order valence-electron chi connectivity index (χ4n) is 2.33. The van der Waals surface area contributed by atoms with Gasteiger partial charge in [0.2, 0.25) is 5.91 Å². The number of rotatable bonds is 7. The highest BCUT2D eigenvalue weighted by atomic mass is 16.2. The Morgan fingerprint density at radius 3 is 2.20 bits per heavy atom. The van der Waals surface area contributed by atoms with Crippen LogP contribution in [0.5, 0.6) is 0 Å². The molecule has 1 aromatic rings. The highest BCUT2D eigenvalue weighted by Crippen LogP contribution is 2.19. The van der Waals surface area contributed by atoms with Gasteiger partial charge in [-0.05, 0) is 32.5 Å². The van der Waals surface area contributed by atoms with Gasteiger partial charge in [-0.3, -0.25) is 9.69 Å². The van der Waals surface area contributed by atoms with E-state index in [4.69, 9.17) is 0 Å². The lowest BCUT2D eigenvalue weighted by Crippen LogP contribution is -2.38. The van der Waals surface area contributed by atoms with Gasteiger partial charge in [0, 0.05) is 39.4 Å². The summed E-state index contributed by atoms with van der Waals surface area (Å²) in [5, 5.41) is 0. The largest absolute Gasteiger partial charge is 0.377 e. The van der Waals surface area contributed by atoms with E-state index in [1.54, 1.807) is 0 Å². The predicted octanol–water partition coefficient (Wildman–Crippen LogP) is 2.05. The zero-order chi connectivity index (χ0) is 15.1. The van der Waals surface area contributed by atoms with Crippen LogP contribution in [0.1, 0.15) is 19.4 Å². The zero-order valence-electron chi connectivity index (χ0n) is 13.4. The quantitative estimate of drug-likeness (QED) is 0.763. The summed E-state index contributed by atoms with van der Waals surface area (Å²) in [6.07, 6.45) is 0. The van der Waals surface area contributed by atoms with Crippen molar-refractivity contribution in [2.45, 2.75) is 20.4 Å². The molecule has 0 radical (unpaired) electrons. The van der Waals surface area contributed by atoms with Gasteiger partial charge in [0.15, 0.2) is 0 Å². The fourth-order valence-corrected chi connectivity index (χ4v) is 2.33. The van der Waals surface area contributed by atoms with Crippen LogP contribution in [-0.2, 0) is 11.3 Å². The summed E-state index contributed by atoms with van der Waals surface area (Å²) in [5.74, 6) is 0.194. The Hall–Kier alpha value is -1.55. The molecule has 112 valence electrons. The molecule has 20 heavy (non-hydrogen) atoms. The molecule has 0 aliphatic heterocycles. The van der Waals surface area contributed by atoms with E-state index in [2.05, 4.69) is 21.9 Å². The van der Waals surface area contributed by atoms with Gasteiger partial charge in [0.05, 0.1) is 6.54 Å².